The Balaban J connectivity index is 0.00000364. The molecular weight excluding hydrogens is 378 g/mol. The number of methoxy groups -OCH3 is 1. The maximum atomic E-state index is 12.5. The summed E-state index contributed by atoms with van der Waals surface area (Å²) in [6, 6.07) is 4.89. The summed E-state index contributed by atoms with van der Waals surface area (Å²) in [5.41, 5.74) is 0.797. The third-order valence-electron chi connectivity index (χ3n) is 4.83. The van der Waals surface area contributed by atoms with Crippen LogP contribution in [0, 0.1) is 11.8 Å². The third-order valence-corrected chi connectivity index (χ3v) is 4.83. The van der Waals surface area contributed by atoms with Gasteiger partial charge in [-0.3, -0.25) is 4.79 Å². The van der Waals surface area contributed by atoms with E-state index in [0.29, 0.717) is 31.2 Å². The van der Waals surface area contributed by atoms with Gasteiger partial charge in [0.1, 0.15) is 0 Å². The highest BCUT2D eigenvalue weighted by atomic mass is 35.5. The lowest BCUT2D eigenvalue weighted by atomic mass is 9.85. The molecule has 2 rings (SSSR count). The summed E-state index contributed by atoms with van der Waals surface area (Å²) in [7, 11) is 1.40. The van der Waals surface area contributed by atoms with Crippen LogP contribution in [0.1, 0.15) is 31.7 Å². The average molecular weight is 407 g/mol. The Bertz CT molecular complexity index is 584. The minimum Gasteiger partial charge on any atom is -0.493 e. The average Bonchev–Trinajstić information content (AvgIpc) is 2.62. The lowest BCUT2D eigenvalue weighted by molar-refractivity contribution is -0.122. The Kier molecular flexibility index (Phi) is 10.4. The van der Waals surface area contributed by atoms with Crippen LogP contribution in [0.5, 0.6) is 11.5 Å². The lowest BCUT2D eigenvalue weighted by Crippen LogP contribution is -2.36. The zero-order valence-electron chi connectivity index (χ0n) is 15.8. The van der Waals surface area contributed by atoms with Gasteiger partial charge in [-0.05, 0) is 61.9 Å². The number of alkyl halides is 2. The van der Waals surface area contributed by atoms with E-state index in [1.54, 1.807) is 12.1 Å². The maximum Gasteiger partial charge on any atom is 0.387 e. The molecule has 1 aromatic rings. The minimum atomic E-state index is -2.91. The molecule has 1 aliphatic heterocycles. The number of piperidine rings is 1. The normalized spacial score (nSPS) is 17.7. The van der Waals surface area contributed by atoms with Crippen LogP contribution in [0.4, 0.5) is 8.78 Å². The van der Waals surface area contributed by atoms with Crippen LogP contribution in [0.2, 0.25) is 0 Å². The second-order valence-corrected chi connectivity index (χ2v) is 6.75. The zero-order chi connectivity index (χ0) is 18.9. The van der Waals surface area contributed by atoms with E-state index in [1.165, 1.54) is 19.6 Å². The van der Waals surface area contributed by atoms with E-state index in [1.807, 2.05) is 0 Å². The number of ether oxygens (including phenoxy) is 2. The SMILES string of the molecule is COc1ccc(CCNC(=O)CC(C)C2CCCNC2)cc1OC(F)F.Cl. The molecule has 2 unspecified atom stereocenters. The van der Waals surface area contributed by atoms with Crippen molar-refractivity contribution >= 4 is 18.3 Å². The van der Waals surface area contributed by atoms with E-state index in [9.17, 15) is 13.6 Å². The summed E-state index contributed by atoms with van der Waals surface area (Å²) < 4.78 is 34.4. The van der Waals surface area contributed by atoms with Gasteiger partial charge in [-0.15, -0.1) is 12.4 Å². The van der Waals surface area contributed by atoms with Crippen molar-refractivity contribution in [3.8, 4) is 11.5 Å². The number of rotatable bonds is 9. The molecule has 0 aliphatic carbocycles. The molecule has 5 nitrogen and oxygen atoms in total. The number of halogens is 3. The minimum absolute atomic E-state index is 0. The predicted molar refractivity (Wildman–Crippen MR) is 103 cm³/mol. The van der Waals surface area contributed by atoms with Gasteiger partial charge >= 0.3 is 6.61 Å². The molecule has 0 radical (unpaired) electrons. The van der Waals surface area contributed by atoms with Crippen LogP contribution in [0.25, 0.3) is 0 Å². The topological polar surface area (TPSA) is 59.6 Å². The number of hydrogen-bond acceptors (Lipinski definition) is 4. The number of carbonyl (C=O) groups is 1. The first kappa shape index (κ1) is 23.4. The smallest absolute Gasteiger partial charge is 0.387 e. The van der Waals surface area contributed by atoms with Crippen LogP contribution in [0.15, 0.2) is 18.2 Å². The van der Waals surface area contributed by atoms with E-state index in [2.05, 4.69) is 22.3 Å². The molecule has 0 saturated carbocycles. The molecular formula is C19H29ClF2N2O3. The second-order valence-electron chi connectivity index (χ2n) is 6.75. The Labute approximate surface area is 165 Å². The van der Waals surface area contributed by atoms with Crippen molar-refractivity contribution in [2.75, 3.05) is 26.7 Å². The summed E-state index contributed by atoms with van der Waals surface area (Å²) in [6.45, 7) is 1.71. The Morgan fingerprint density at radius 1 is 1.37 bits per heavy atom. The van der Waals surface area contributed by atoms with Gasteiger partial charge in [0.25, 0.3) is 0 Å². The molecule has 1 amide bonds. The van der Waals surface area contributed by atoms with Crippen LogP contribution in [-0.2, 0) is 11.2 Å². The standard InChI is InChI=1S/C19H28F2N2O3.ClH/c1-13(15-4-3-8-22-12-15)10-18(24)23-9-7-14-5-6-16(25-2)17(11-14)26-19(20)21;/h5-6,11,13,15,19,22H,3-4,7-10,12H2,1-2H3,(H,23,24);1H. The summed E-state index contributed by atoms with van der Waals surface area (Å²) in [4.78, 5) is 12.1. The molecule has 2 N–H and O–H groups in total. The summed E-state index contributed by atoms with van der Waals surface area (Å²) in [6.07, 6.45) is 3.38. The second kappa shape index (κ2) is 12.0. The Morgan fingerprint density at radius 2 is 2.15 bits per heavy atom. The number of benzene rings is 1. The van der Waals surface area contributed by atoms with E-state index in [-0.39, 0.29) is 29.8 Å². The van der Waals surface area contributed by atoms with E-state index in [0.717, 1.165) is 25.1 Å². The van der Waals surface area contributed by atoms with Crippen molar-refractivity contribution in [3.63, 3.8) is 0 Å². The lowest BCUT2D eigenvalue weighted by Gasteiger charge is -2.28. The highest BCUT2D eigenvalue weighted by Gasteiger charge is 2.21. The van der Waals surface area contributed by atoms with Crippen LogP contribution in [0.3, 0.4) is 0 Å². The summed E-state index contributed by atoms with van der Waals surface area (Å²) >= 11 is 0. The van der Waals surface area contributed by atoms with Crippen molar-refractivity contribution < 1.29 is 23.0 Å². The van der Waals surface area contributed by atoms with Gasteiger partial charge in [0.2, 0.25) is 5.91 Å². The molecule has 1 aliphatic rings. The first-order chi connectivity index (χ1) is 12.5. The Hall–Kier alpha value is -1.60. The fourth-order valence-corrected chi connectivity index (χ4v) is 3.31. The zero-order valence-corrected chi connectivity index (χ0v) is 16.6. The van der Waals surface area contributed by atoms with Crippen molar-refractivity contribution in [2.24, 2.45) is 11.8 Å². The van der Waals surface area contributed by atoms with Gasteiger partial charge < -0.3 is 20.1 Å². The quantitative estimate of drug-likeness (QED) is 0.659. The molecule has 27 heavy (non-hydrogen) atoms. The predicted octanol–water partition coefficient (Wildman–Crippen LogP) is 3.40. The molecule has 1 fully saturated rings. The first-order valence-corrected chi connectivity index (χ1v) is 9.08. The molecule has 1 aromatic carbocycles. The fourth-order valence-electron chi connectivity index (χ4n) is 3.31. The van der Waals surface area contributed by atoms with Crippen LogP contribution < -0.4 is 20.1 Å². The van der Waals surface area contributed by atoms with E-state index >= 15 is 0 Å². The van der Waals surface area contributed by atoms with Gasteiger partial charge in [-0.25, -0.2) is 0 Å². The summed E-state index contributed by atoms with van der Waals surface area (Å²) in [5, 5.41) is 6.28. The number of nitrogens with one attached hydrogen (secondary N) is 2. The summed E-state index contributed by atoms with van der Waals surface area (Å²) in [5.74, 6) is 1.18. The highest BCUT2D eigenvalue weighted by molar-refractivity contribution is 5.85. The first-order valence-electron chi connectivity index (χ1n) is 9.08. The van der Waals surface area contributed by atoms with Crippen LogP contribution in [-0.4, -0.2) is 39.3 Å². The van der Waals surface area contributed by atoms with Gasteiger partial charge in [0, 0.05) is 13.0 Å². The van der Waals surface area contributed by atoms with Gasteiger partial charge in [0.05, 0.1) is 7.11 Å². The van der Waals surface area contributed by atoms with E-state index < -0.39 is 6.61 Å². The van der Waals surface area contributed by atoms with Crippen LogP contribution >= 0.6 is 12.4 Å². The van der Waals surface area contributed by atoms with Crippen molar-refractivity contribution in [3.05, 3.63) is 23.8 Å². The maximum absolute atomic E-state index is 12.5. The number of amides is 1. The van der Waals surface area contributed by atoms with Crippen molar-refractivity contribution in [2.45, 2.75) is 39.2 Å². The number of hydrogen-bond donors (Lipinski definition) is 2. The Morgan fingerprint density at radius 3 is 2.78 bits per heavy atom. The van der Waals surface area contributed by atoms with Crippen molar-refractivity contribution in [1.29, 1.82) is 0 Å². The molecule has 0 spiro atoms. The molecule has 0 bridgehead atoms. The molecule has 1 heterocycles. The fraction of sp³-hybridized carbons (Fsp3) is 0.632. The molecule has 1 saturated heterocycles. The monoisotopic (exact) mass is 406 g/mol. The van der Waals surface area contributed by atoms with Crippen molar-refractivity contribution in [1.82, 2.24) is 10.6 Å². The third kappa shape index (κ3) is 7.89. The highest BCUT2D eigenvalue weighted by Crippen LogP contribution is 2.29. The van der Waals surface area contributed by atoms with Gasteiger partial charge in [-0.2, -0.15) is 8.78 Å². The number of carbonyl (C=O) groups excluding carboxylic acids is 1. The molecule has 0 aromatic heterocycles. The molecule has 8 heteroatoms. The molecule has 2 atom stereocenters. The van der Waals surface area contributed by atoms with Gasteiger partial charge in [-0.1, -0.05) is 13.0 Å². The van der Waals surface area contributed by atoms with E-state index in [4.69, 9.17) is 4.74 Å². The van der Waals surface area contributed by atoms with Gasteiger partial charge in [0.15, 0.2) is 11.5 Å². The largest absolute Gasteiger partial charge is 0.493 e. The molecule has 154 valence electrons.